The largest absolute Gasteiger partial charge is 0.397 e. The van der Waals surface area contributed by atoms with E-state index in [2.05, 4.69) is 11.1 Å². The summed E-state index contributed by atoms with van der Waals surface area (Å²) in [6, 6.07) is 3.83. The van der Waals surface area contributed by atoms with Gasteiger partial charge in [-0.1, -0.05) is 12.8 Å². The van der Waals surface area contributed by atoms with Crippen LogP contribution in [0, 0.1) is 11.3 Å². The molecule has 5 nitrogen and oxygen atoms in total. The molecule has 0 radical (unpaired) electrons. The number of aromatic nitrogens is 1. The number of aliphatic hydroxyl groups excluding tert-OH is 1. The Morgan fingerprint density at radius 2 is 2.33 bits per heavy atom. The van der Waals surface area contributed by atoms with Gasteiger partial charge in [0.05, 0.1) is 30.1 Å². The summed E-state index contributed by atoms with van der Waals surface area (Å²) in [4.78, 5) is 6.33. The molecule has 0 saturated carbocycles. The molecule has 96 valence electrons. The maximum absolute atomic E-state index is 9.49. The predicted octanol–water partition coefficient (Wildman–Crippen LogP) is 1.28. The van der Waals surface area contributed by atoms with Crippen LogP contribution in [0.25, 0.3) is 0 Å². The van der Waals surface area contributed by atoms with Crippen LogP contribution in [0.1, 0.15) is 31.2 Å². The third-order valence-corrected chi connectivity index (χ3v) is 3.37. The zero-order valence-electron chi connectivity index (χ0n) is 10.3. The summed E-state index contributed by atoms with van der Waals surface area (Å²) in [5.41, 5.74) is 6.62. The molecule has 0 bridgehead atoms. The van der Waals surface area contributed by atoms with Gasteiger partial charge in [-0.3, -0.25) is 0 Å². The van der Waals surface area contributed by atoms with Gasteiger partial charge in [0, 0.05) is 6.54 Å². The van der Waals surface area contributed by atoms with E-state index >= 15 is 0 Å². The Morgan fingerprint density at radius 1 is 1.50 bits per heavy atom. The van der Waals surface area contributed by atoms with Gasteiger partial charge in [0.2, 0.25) is 0 Å². The van der Waals surface area contributed by atoms with Gasteiger partial charge < -0.3 is 15.7 Å². The third kappa shape index (κ3) is 2.54. The molecule has 2 rings (SSSR count). The number of anilines is 2. The summed E-state index contributed by atoms with van der Waals surface area (Å²) in [5, 5.41) is 18.7. The molecule has 1 aromatic heterocycles. The first-order chi connectivity index (χ1) is 8.76. The van der Waals surface area contributed by atoms with Crippen LogP contribution in [0.3, 0.4) is 0 Å². The Morgan fingerprint density at radius 3 is 3.06 bits per heavy atom. The van der Waals surface area contributed by atoms with Gasteiger partial charge in [-0.25, -0.2) is 4.98 Å². The summed E-state index contributed by atoms with van der Waals surface area (Å²) in [5.74, 6) is 0.646. The maximum atomic E-state index is 9.49. The number of rotatable bonds is 2. The number of pyridine rings is 1. The minimum absolute atomic E-state index is 0.0516. The standard InChI is InChI=1S/C13H18N4O/c14-7-10-6-11(15)8-16-13(10)17-5-3-1-2-4-12(17)9-18/h6,8,12,18H,1-5,9,15H2. The fourth-order valence-electron chi connectivity index (χ4n) is 2.43. The van der Waals surface area contributed by atoms with Crippen LogP contribution < -0.4 is 10.6 Å². The predicted molar refractivity (Wildman–Crippen MR) is 70.1 cm³/mol. The van der Waals surface area contributed by atoms with Crippen LogP contribution in [0.15, 0.2) is 12.3 Å². The highest BCUT2D eigenvalue weighted by Gasteiger charge is 2.23. The number of nitriles is 1. The highest BCUT2D eigenvalue weighted by atomic mass is 16.3. The molecule has 1 fully saturated rings. The Labute approximate surface area is 107 Å². The summed E-state index contributed by atoms with van der Waals surface area (Å²) < 4.78 is 0. The normalized spacial score (nSPS) is 20.2. The van der Waals surface area contributed by atoms with Gasteiger partial charge in [0.25, 0.3) is 0 Å². The average molecular weight is 246 g/mol. The van der Waals surface area contributed by atoms with E-state index in [1.165, 1.54) is 0 Å². The van der Waals surface area contributed by atoms with Crippen LogP contribution in [0.5, 0.6) is 0 Å². The van der Waals surface area contributed by atoms with Crippen molar-refractivity contribution in [2.75, 3.05) is 23.8 Å². The van der Waals surface area contributed by atoms with E-state index in [0.29, 0.717) is 17.1 Å². The molecule has 1 aromatic rings. The van der Waals surface area contributed by atoms with Gasteiger partial charge in [0.1, 0.15) is 11.9 Å². The Kier molecular flexibility index (Phi) is 4.00. The second-order valence-corrected chi connectivity index (χ2v) is 4.63. The van der Waals surface area contributed by atoms with Gasteiger partial charge >= 0.3 is 0 Å². The van der Waals surface area contributed by atoms with Crippen LogP contribution in [0.2, 0.25) is 0 Å². The number of nitrogens with zero attached hydrogens (tertiary/aromatic N) is 3. The van der Waals surface area contributed by atoms with Crippen LogP contribution >= 0.6 is 0 Å². The molecule has 1 aliphatic heterocycles. The first-order valence-electron chi connectivity index (χ1n) is 6.29. The van der Waals surface area contributed by atoms with Gasteiger partial charge in [-0.2, -0.15) is 5.26 Å². The highest BCUT2D eigenvalue weighted by molar-refractivity contribution is 5.59. The topological polar surface area (TPSA) is 86.2 Å². The van der Waals surface area contributed by atoms with Crippen molar-refractivity contribution in [1.82, 2.24) is 4.98 Å². The molecule has 0 aliphatic carbocycles. The van der Waals surface area contributed by atoms with Gasteiger partial charge in [0.15, 0.2) is 0 Å². The van der Waals surface area contributed by atoms with Crippen molar-refractivity contribution in [3.05, 3.63) is 17.8 Å². The zero-order chi connectivity index (χ0) is 13.0. The summed E-state index contributed by atoms with van der Waals surface area (Å²) in [6.07, 6.45) is 5.83. The lowest BCUT2D eigenvalue weighted by Crippen LogP contribution is -2.38. The molecule has 3 N–H and O–H groups in total. The molecule has 2 heterocycles. The SMILES string of the molecule is N#Cc1cc(N)cnc1N1CCCCCC1CO. The lowest BCUT2D eigenvalue weighted by molar-refractivity contribution is 0.254. The zero-order valence-corrected chi connectivity index (χ0v) is 10.3. The second kappa shape index (κ2) is 5.69. The molecule has 1 atom stereocenters. The number of hydrogen-bond donors (Lipinski definition) is 2. The van der Waals surface area contributed by atoms with E-state index in [0.717, 1.165) is 32.2 Å². The molecule has 0 aromatic carbocycles. The molecule has 5 heteroatoms. The Hall–Kier alpha value is -1.80. The third-order valence-electron chi connectivity index (χ3n) is 3.37. The van der Waals surface area contributed by atoms with Crippen molar-refractivity contribution in [2.45, 2.75) is 31.7 Å². The van der Waals surface area contributed by atoms with Crippen molar-refractivity contribution in [3.63, 3.8) is 0 Å². The van der Waals surface area contributed by atoms with Crippen molar-refractivity contribution < 1.29 is 5.11 Å². The summed E-state index contributed by atoms with van der Waals surface area (Å²) >= 11 is 0. The fourth-order valence-corrected chi connectivity index (χ4v) is 2.43. The van der Waals surface area contributed by atoms with E-state index < -0.39 is 0 Å². The molecule has 1 aliphatic rings. The highest BCUT2D eigenvalue weighted by Crippen LogP contribution is 2.26. The summed E-state index contributed by atoms with van der Waals surface area (Å²) in [6.45, 7) is 0.924. The van der Waals surface area contributed by atoms with Gasteiger partial charge in [-0.05, 0) is 18.9 Å². The van der Waals surface area contributed by atoms with Crippen molar-refractivity contribution in [2.24, 2.45) is 0 Å². The number of nitrogen functional groups attached to an aromatic ring is 1. The van der Waals surface area contributed by atoms with E-state index in [1.807, 2.05) is 4.90 Å². The quantitative estimate of drug-likeness (QED) is 0.820. The van der Waals surface area contributed by atoms with Crippen molar-refractivity contribution in [3.8, 4) is 6.07 Å². The van der Waals surface area contributed by atoms with E-state index in [4.69, 9.17) is 11.0 Å². The molecule has 1 unspecified atom stereocenters. The first-order valence-corrected chi connectivity index (χ1v) is 6.29. The first kappa shape index (κ1) is 12.7. The van der Waals surface area contributed by atoms with E-state index in [-0.39, 0.29) is 12.6 Å². The molecule has 0 amide bonds. The van der Waals surface area contributed by atoms with Crippen molar-refractivity contribution >= 4 is 11.5 Å². The summed E-state index contributed by atoms with van der Waals surface area (Å²) in [7, 11) is 0. The molecular weight excluding hydrogens is 228 g/mol. The smallest absolute Gasteiger partial charge is 0.146 e. The number of nitrogens with two attached hydrogens (primary N) is 1. The molecular formula is C13H18N4O. The molecule has 1 saturated heterocycles. The fraction of sp³-hybridized carbons (Fsp3) is 0.538. The lowest BCUT2D eigenvalue weighted by atomic mass is 10.1. The van der Waals surface area contributed by atoms with Crippen molar-refractivity contribution in [1.29, 1.82) is 5.26 Å². The minimum Gasteiger partial charge on any atom is -0.397 e. The van der Waals surface area contributed by atoms with E-state index in [1.54, 1.807) is 12.3 Å². The van der Waals surface area contributed by atoms with Crippen LogP contribution in [-0.2, 0) is 0 Å². The lowest BCUT2D eigenvalue weighted by Gasteiger charge is -2.30. The van der Waals surface area contributed by atoms with Crippen LogP contribution in [0.4, 0.5) is 11.5 Å². The maximum Gasteiger partial charge on any atom is 0.146 e. The average Bonchev–Trinajstić information content (AvgIpc) is 2.63. The number of hydrogen-bond acceptors (Lipinski definition) is 5. The monoisotopic (exact) mass is 246 g/mol. The van der Waals surface area contributed by atoms with Gasteiger partial charge in [-0.15, -0.1) is 0 Å². The number of aliphatic hydroxyl groups is 1. The molecule has 0 spiro atoms. The molecule has 18 heavy (non-hydrogen) atoms. The van der Waals surface area contributed by atoms with Crippen LogP contribution in [-0.4, -0.2) is 29.3 Å². The second-order valence-electron chi connectivity index (χ2n) is 4.63. The Balaban J connectivity index is 2.36. The Bertz CT molecular complexity index is 455. The minimum atomic E-state index is 0.0516. The van der Waals surface area contributed by atoms with E-state index in [9.17, 15) is 5.11 Å².